The summed E-state index contributed by atoms with van der Waals surface area (Å²) < 4.78 is 7.36. The highest BCUT2D eigenvalue weighted by molar-refractivity contribution is 9.11. The van der Waals surface area contributed by atoms with E-state index in [9.17, 15) is 4.79 Å². The monoisotopic (exact) mass is 406 g/mol. The van der Waals surface area contributed by atoms with Gasteiger partial charge in [-0.2, -0.15) is 0 Å². The van der Waals surface area contributed by atoms with Crippen LogP contribution in [0.4, 0.5) is 0 Å². The molecular formula is C11H5Br3O2. The Morgan fingerprint density at radius 1 is 1.06 bits per heavy atom. The Bertz CT molecular complexity index is 546. The summed E-state index contributed by atoms with van der Waals surface area (Å²) in [7, 11) is 0. The highest BCUT2D eigenvalue weighted by Gasteiger charge is 2.16. The van der Waals surface area contributed by atoms with E-state index in [0.717, 1.165) is 8.95 Å². The minimum absolute atomic E-state index is 0.154. The molecule has 2 nitrogen and oxygen atoms in total. The summed E-state index contributed by atoms with van der Waals surface area (Å²) in [6.07, 6.45) is 0. The maximum Gasteiger partial charge on any atom is 0.229 e. The molecule has 1 aromatic heterocycles. The summed E-state index contributed by atoms with van der Waals surface area (Å²) in [4.78, 5) is 12.1. The SMILES string of the molecule is O=C(c1ccc(Br)o1)c1cc(Br)ccc1Br. The summed E-state index contributed by atoms with van der Waals surface area (Å²) in [5, 5.41) is 0. The van der Waals surface area contributed by atoms with Crippen LogP contribution < -0.4 is 0 Å². The van der Waals surface area contributed by atoms with Crippen molar-refractivity contribution in [1.82, 2.24) is 0 Å². The number of furan rings is 1. The second kappa shape index (κ2) is 4.85. The fraction of sp³-hybridized carbons (Fsp3) is 0. The molecule has 0 spiro atoms. The van der Waals surface area contributed by atoms with Gasteiger partial charge in [0.2, 0.25) is 5.78 Å². The maximum atomic E-state index is 12.1. The summed E-state index contributed by atoms with van der Waals surface area (Å²) in [6.45, 7) is 0. The van der Waals surface area contributed by atoms with Crippen LogP contribution in [0, 0.1) is 0 Å². The number of hydrogen-bond acceptors (Lipinski definition) is 2. The zero-order valence-corrected chi connectivity index (χ0v) is 12.6. The number of rotatable bonds is 2. The average Bonchev–Trinajstić information content (AvgIpc) is 2.67. The number of ketones is 1. The summed E-state index contributed by atoms with van der Waals surface area (Å²) in [5.41, 5.74) is 0.566. The first-order valence-electron chi connectivity index (χ1n) is 4.33. The molecule has 0 aliphatic rings. The minimum Gasteiger partial charge on any atom is -0.446 e. The van der Waals surface area contributed by atoms with Crippen LogP contribution in [0.5, 0.6) is 0 Å². The van der Waals surface area contributed by atoms with Gasteiger partial charge in [0.15, 0.2) is 10.4 Å². The fourth-order valence-corrected chi connectivity index (χ4v) is 2.33. The van der Waals surface area contributed by atoms with Gasteiger partial charge in [-0.1, -0.05) is 31.9 Å². The Hall–Kier alpha value is -0.390. The Labute approximate surface area is 117 Å². The molecule has 0 unspecified atom stereocenters. The zero-order valence-electron chi connectivity index (χ0n) is 7.84. The summed E-state index contributed by atoms with van der Waals surface area (Å²) in [5.74, 6) is 0.157. The highest BCUT2D eigenvalue weighted by Crippen LogP contribution is 2.25. The largest absolute Gasteiger partial charge is 0.446 e. The zero-order chi connectivity index (χ0) is 11.7. The third kappa shape index (κ3) is 2.47. The maximum absolute atomic E-state index is 12.1. The highest BCUT2D eigenvalue weighted by atomic mass is 79.9. The van der Waals surface area contributed by atoms with Gasteiger partial charge in [-0.05, 0) is 46.3 Å². The molecule has 0 N–H and O–H groups in total. The molecule has 2 aromatic rings. The molecule has 0 saturated carbocycles. The van der Waals surface area contributed by atoms with Crippen LogP contribution >= 0.6 is 47.8 Å². The number of benzene rings is 1. The van der Waals surface area contributed by atoms with Crippen LogP contribution in [0.3, 0.4) is 0 Å². The van der Waals surface area contributed by atoms with Crippen LogP contribution in [-0.2, 0) is 0 Å². The summed E-state index contributed by atoms with van der Waals surface area (Å²) >= 11 is 9.84. The predicted octanol–water partition coefficient (Wildman–Crippen LogP) is 4.80. The van der Waals surface area contributed by atoms with Crippen molar-refractivity contribution in [3.8, 4) is 0 Å². The number of carbonyl (C=O) groups excluding carboxylic acids is 1. The van der Waals surface area contributed by atoms with E-state index in [0.29, 0.717) is 16.0 Å². The summed E-state index contributed by atoms with van der Waals surface area (Å²) in [6, 6.07) is 8.76. The lowest BCUT2D eigenvalue weighted by Gasteiger charge is -2.01. The van der Waals surface area contributed by atoms with Gasteiger partial charge in [-0.25, -0.2) is 0 Å². The lowest BCUT2D eigenvalue weighted by molar-refractivity contribution is 0.101. The van der Waals surface area contributed by atoms with Gasteiger partial charge in [0.1, 0.15) is 0 Å². The molecule has 0 radical (unpaired) electrons. The van der Waals surface area contributed by atoms with E-state index in [1.165, 1.54) is 0 Å². The molecule has 1 heterocycles. The van der Waals surface area contributed by atoms with Crippen molar-refractivity contribution in [1.29, 1.82) is 0 Å². The van der Waals surface area contributed by atoms with Crippen molar-refractivity contribution in [3.63, 3.8) is 0 Å². The van der Waals surface area contributed by atoms with Crippen LogP contribution in [0.15, 0.2) is 48.4 Å². The quantitative estimate of drug-likeness (QED) is 0.668. The van der Waals surface area contributed by atoms with Crippen molar-refractivity contribution in [2.45, 2.75) is 0 Å². The third-order valence-electron chi connectivity index (χ3n) is 1.97. The van der Waals surface area contributed by atoms with E-state index in [4.69, 9.17) is 4.42 Å². The van der Waals surface area contributed by atoms with Gasteiger partial charge in [0.05, 0.1) is 0 Å². The van der Waals surface area contributed by atoms with Gasteiger partial charge < -0.3 is 4.42 Å². The first kappa shape index (κ1) is 12.1. The van der Waals surface area contributed by atoms with E-state index in [2.05, 4.69) is 47.8 Å². The Morgan fingerprint density at radius 2 is 1.81 bits per heavy atom. The van der Waals surface area contributed by atoms with Crippen LogP contribution in [0.2, 0.25) is 0 Å². The molecule has 2 rings (SSSR count). The van der Waals surface area contributed by atoms with Gasteiger partial charge in [-0.3, -0.25) is 4.79 Å². The molecule has 0 aliphatic heterocycles. The molecule has 82 valence electrons. The topological polar surface area (TPSA) is 30.2 Å². The smallest absolute Gasteiger partial charge is 0.229 e. The van der Waals surface area contributed by atoms with Crippen LogP contribution in [0.25, 0.3) is 0 Å². The van der Waals surface area contributed by atoms with Crippen LogP contribution in [0.1, 0.15) is 16.1 Å². The molecule has 1 aromatic carbocycles. The standard InChI is InChI=1S/C11H5Br3O2/c12-6-1-2-8(13)7(5-6)11(15)9-3-4-10(14)16-9/h1-5H. The molecule has 0 atom stereocenters. The van der Waals surface area contributed by atoms with Gasteiger partial charge in [0.25, 0.3) is 0 Å². The molecule has 0 fully saturated rings. The molecule has 0 bridgehead atoms. The molecule has 0 saturated heterocycles. The lowest BCUT2D eigenvalue weighted by Crippen LogP contribution is -2.00. The van der Waals surface area contributed by atoms with Gasteiger partial charge >= 0.3 is 0 Å². The van der Waals surface area contributed by atoms with Crippen LogP contribution in [-0.4, -0.2) is 5.78 Å². The Kier molecular flexibility index (Phi) is 3.66. The van der Waals surface area contributed by atoms with E-state index >= 15 is 0 Å². The van der Waals surface area contributed by atoms with E-state index < -0.39 is 0 Å². The van der Waals surface area contributed by atoms with E-state index in [1.807, 2.05) is 12.1 Å². The number of carbonyl (C=O) groups is 1. The van der Waals surface area contributed by atoms with Gasteiger partial charge in [0, 0.05) is 14.5 Å². The van der Waals surface area contributed by atoms with Crippen molar-refractivity contribution in [3.05, 3.63) is 55.3 Å². The molecule has 5 heteroatoms. The first-order chi connectivity index (χ1) is 7.58. The minimum atomic E-state index is -0.154. The Morgan fingerprint density at radius 3 is 2.44 bits per heavy atom. The second-order valence-corrected chi connectivity index (χ2v) is 5.61. The lowest BCUT2D eigenvalue weighted by atomic mass is 10.1. The van der Waals surface area contributed by atoms with Crippen molar-refractivity contribution < 1.29 is 9.21 Å². The first-order valence-corrected chi connectivity index (χ1v) is 6.71. The predicted molar refractivity (Wildman–Crippen MR) is 71.7 cm³/mol. The molecular weight excluding hydrogens is 404 g/mol. The third-order valence-corrected chi connectivity index (χ3v) is 3.58. The fourth-order valence-electron chi connectivity index (χ4n) is 1.24. The number of hydrogen-bond donors (Lipinski definition) is 0. The molecule has 0 aliphatic carbocycles. The van der Waals surface area contributed by atoms with Gasteiger partial charge in [-0.15, -0.1) is 0 Å². The second-order valence-electron chi connectivity index (χ2n) is 3.06. The normalized spacial score (nSPS) is 10.4. The van der Waals surface area contributed by atoms with Crippen molar-refractivity contribution >= 4 is 53.6 Å². The van der Waals surface area contributed by atoms with Crippen molar-refractivity contribution in [2.75, 3.05) is 0 Å². The molecule has 0 amide bonds. The molecule has 16 heavy (non-hydrogen) atoms. The van der Waals surface area contributed by atoms with Crippen molar-refractivity contribution in [2.24, 2.45) is 0 Å². The Balaban J connectivity index is 2.45. The van der Waals surface area contributed by atoms with E-state index in [-0.39, 0.29) is 5.78 Å². The number of halogens is 3. The van der Waals surface area contributed by atoms with E-state index in [1.54, 1.807) is 18.2 Å². The average molecular weight is 409 g/mol.